The molecule has 3 aromatic rings. The van der Waals surface area contributed by atoms with E-state index in [-0.39, 0.29) is 12.1 Å². The molecule has 0 saturated heterocycles. The summed E-state index contributed by atoms with van der Waals surface area (Å²) in [5.74, 6) is 1.97. The number of furan rings is 1. The van der Waals surface area contributed by atoms with Gasteiger partial charge in [0, 0.05) is 25.0 Å². The maximum atomic E-state index is 5.66. The number of oxazole rings is 1. The molecule has 0 aliphatic rings. The Kier molecular flexibility index (Phi) is 4.11. The zero-order valence-electron chi connectivity index (χ0n) is 13.0. The molecule has 6 heteroatoms. The zero-order valence-corrected chi connectivity index (χ0v) is 13.0. The van der Waals surface area contributed by atoms with Crippen LogP contribution in [0, 0.1) is 6.92 Å². The van der Waals surface area contributed by atoms with Crippen LogP contribution in [0.1, 0.15) is 31.3 Å². The molecule has 3 rings (SSSR count). The summed E-state index contributed by atoms with van der Waals surface area (Å²) in [4.78, 5) is 4.50. The number of nitrogens with zero attached hydrogens (tertiary/aromatic N) is 3. The van der Waals surface area contributed by atoms with Gasteiger partial charge < -0.3 is 14.2 Å². The molecule has 0 radical (unpaired) electrons. The number of aryl methyl sites for hydroxylation is 1. The molecular formula is C16H20N4O2. The molecule has 3 aromatic heterocycles. The van der Waals surface area contributed by atoms with Gasteiger partial charge in [0.25, 0.3) is 5.89 Å². The van der Waals surface area contributed by atoms with Gasteiger partial charge in [-0.2, -0.15) is 5.10 Å². The number of hydrogen-bond donors (Lipinski definition) is 1. The Balaban J connectivity index is 1.64. The Morgan fingerprint density at radius 2 is 2.18 bits per heavy atom. The van der Waals surface area contributed by atoms with Crippen molar-refractivity contribution in [2.75, 3.05) is 0 Å². The van der Waals surface area contributed by atoms with Crippen LogP contribution in [0.15, 0.2) is 45.7 Å². The molecule has 0 fully saturated rings. The van der Waals surface area contributed by atoms with Crippen LogP contribution >= 0.6 is 0 Å². The highest BCUT2D eigenvalue weighted by Crippen LogP contribution is 2.22. The molecule has 0 aliphatic carbocycles. The van der Waals surface area contributed by atoms with Crippen LogP contribution in [0.2, 0.25) is 0 Å². The Morgan fingerprint density at radius 3 is 2.86 bits per heavy atom. The number of rotatable bonds is 6. The van der Waals surface area contributed by atoms with Crippen molar-refractivity contribution in [2.24, 2.45) is 0 Å². The fourth-order valence-electron chi connectivity index (χ4n) is 2.28. The third-order valence-corrected chi connectivity index (χ3v) is 3.88. The first-order chi connectivity index (χ1) is 10.6. The lowest BCUT2D eigenvalue weighted by molar-refractivity contribution is 0.363. The molecule has 0 spiro atoms. The third kappa shape index (κ3) is 2.96. The second-order valence-electron chi connectivity index (χ2n) is 5.40. The summed E-state index contributed by atoms with van der Waals surface area (Å²) in [5.41, 5.74) is 0.894. The maximum absolute atomic E-state index is 5.66. The summed E-state index contributed by atoms with van der Waals surface area (Å²) in [7, 11) is 0. The lowest BCUT2D eigenvalue weighted by Crippen LogP contribution is -2.33. The molecule has 0 amide bonds. The van der Waals surface area contributed by atoms with Gasteiger partial charge >= 0.3 is 0 Å². The van der Waals surface area contributed by atoms with Crippen LogP contribution in [0.25, 0.3) is 11.7 Å². The van der Waals surface area contributed by atoms with E-state index in [2.05, 4.69) is 29.2 Å². The van der Waals surface area contributed by atoms with Gasteiger partial charge in [-0.15, -0.1) is 0 Å². The first-order valence-electron chi connectivity index (χ1n) is 7.38. The molecule has 6 nitrogen and oxygen atoms in total. The van der Waals surface area contributed by atoms with E-state index in [1.54, 1.807) is 12.5 Å². The smallest absolute Gasteiger partial charge is 0.263 e. The molecule has 0 aliphatic heterocycles. The van der Waals surface area contributed by atoms with Gasteiger partial charge in [0.1, 0.15) is 5.76 Å². The summed E-state index contributed by atoms with van der Waals surface area (Å²) >= 11 is 0. The van der Waals surface area contributed by atoms with Gasteiger partial charge in [-0.25, -0.2) is 4.98 Å². The Morgan fingerprint density at radius 1 is 1.32 bits per heavy atom. The predicted octanol–water partition coefficient (Wildman–Crippen LogP) is 3.18. The highest BCUT2D eigenvalue weighted by atomic mass is 16.4. The second-order valence-corrected chi connectivity index (χ2v) is 5.40. The normalized spacial score (nSPS) is 14.1. The monoisotopic (exact) mass is 300 g/mol. The Labute approximate surface area is 129 Å². The topological polar surface area (TPSA) is 69.0 Å². The quantitative estimate of drug-likeness (QED) is 0.757. The van der Waals surface area contributed by atoms with Crippen molar-refractivity contribution in [1.29, 1.82) is 0 Å². The molecule has 2 atom stereocenters. The summed E-state index contributed by atoms with van der Waals surface area (Å²) in [6.45, 7) is 6.82. The van der Waals surface area contributed by atoms with E-state index in [9.17, 15) is 0 Å². The van der Waals surface area contributed by atoms with E-state index < -0.39 is 0 Å². The van der Waals surface area contributed by atoms with Crippen molar-refractivity contribution < 1.29 is 8.83 Å². The van der Waals surface area contributed by atoms with E-state index >= 15 is 0 Å². The predicted molar refractivity (Wildman–Crippen MR) is 82.2 cm³/mol. The lowest BCUT2D eigenvalue weighted by Gasteiger charge is -2.21. The van der Waals surface area contributed by atoms with Crippen LogP contribution < -0.4 is 5.32 Å². The molecule has 22 heavy (non-hydrogen) atoms. The summed E-state index contributed by atoms with van der Waals surface area (Å²) < 4.78 is 12.9. The summed E-state index contributed by atoms with van der Waals surface area (Å²) in [5, 5.41) is 7.75. The number of nitrogens with one attached hydrogen (secondary N) is 1. The molecule has 116 valence electrons. The van der Waals surface area contributed by atoms with Gasteiger partial charge in [-0.3, -0.25) is 4.68 Å². The summed E-state index contributed by atoms with van der Waals surface area (Å²) in [6.07, 6.45) is 5.38. The van der Waals surface area contributed by atoms with E-state index in [0.717, 1.165) is 11.5 Å². The minimum Gasteiger partial charge on any atom is -0.459 e. The summed E-state index contributed by atoms with van der Waals surface area (Å²) in [6, 6.07) is 6.10. The molecule has 0 saturated carbocycles. The minimum atomic E-state index is 0.253. The fraction of sp³-hybridized carbons (Fsp3) is 0.375. The second kappa shape index (κ2) is 6.19. The lowest BCUT2D eigenvalue weighted by atomic mass is 10.1. The van der Waals surface area contributed by atoms with Crippen molar-refractivity contribution in [3.05, 3.63) is 48.3 Å². The van der Waals surface area contributed by atoms with Crippen molar-refractivity contribution in [2.45, 2.75) is 39.4 Å². The molecule has 1 N–H and O–H groups in total. The largest absolute Gasteiger partial charge is 0.459 e. The van der Waals surface area contributed by atoms with Gasteiger partial charge in [0.05, 0.1) is 18.0 Å². The highest BCUT2D eigenvalue weighted by molar-refractivity contribution is 5.44. The maximum Gasteiger partial charge on any atom is 0.263 e. The van der Waals surface area contributed by atoms with Crippen LogP contribution in [0.4, 0.5) is 0 Å². The van der Waals surface area contributed by atoms with Crippen molar-refractivity contribution in [3.8, 4) is 11.7 Å². The Hall–Kier alpha value is -2.34. The van der Waals surface area contributed by atoms with Crippen molar-refractivity contribution >= 4 is 0 Å². The van der Waals surface area contributed by atoms with Gasteiger partial charge in [-0.05, 0) is 39.0 Å². The molecule has 3 heterocycles. The molecule has 0 bridgehead atoms. The highest BCUT2D eigenvalue weighted by Gasteiger charge is 2.17. The van der Waals surface area contributed by atoms with E-state index in [1.165, 1.54) is 0 Å². The first kappa shape index (κ1) is 14.6. The number of aromatic nitrogens is 3. The minimum absolute atomic E-state index is 0.253. The standard InChI is InChI=1S/C16H20N4O2/c1-11(12(2)20-8-5-7-18-20)17-10-14-13(3)22-16(19-14)15-6-4-9-21-15/h4-9,11-12,17H,10H2,1-3H3/t11-,12-/m0/s1. The van der Waals surface area contributed by atoms with Crippen molar-refractivity contribution in [3.63, 3.8) is 0 Å². The van der Waals surface area contributed by atoms with Crippen LogP contribution in [0.3, 0.4) is 0 Å². The van der Waals surface area contributed by atoms with E-state index in [0.29, 0.717) is 18.2 Å². The molecule has 0 aromatic carbocycles. The van der Waals surface area contributed by atoms with Gasteiger partial charge in [0.2, 0.25) is 0 Å². The SMILES string of the molecule is Cc1oc(-c2ccco2)nc1CN[C@@H](C)[C@H](C)n1cccn1. The van der Waals surface area contributed by atoms with Crippen LogP contribution in [-0.4, -0.2) is 20.8 Å². The average molecular weight is 300 g/mol. The van der Waals surface area contributed by atoms with E-state index in [1.807, 2.05) is 36.0 Å². The first-order valence-corrected chi connectivity index (χ1v) is 7.38. The van der Waals surface area contributed by atoms with Gasteiger partial charge in [-0.1, -0.05) is 0 Å². The fourth-order valence-corrected chi connectivity index (χ4v) is 2.28. The Bertz CT molecular complexity index is 701. The van der Waals surface area contributed by atoms with Crippen LogP contribution in [0.5, 0.6) is 0 Å². The number of hydrogen-bond acceptors (Lipinski definition) is 5. The van der Waals surface area contributed by atoms with Gasteiger partial charge in [0.15, 0.2) is 5.76 Å². The molecular weight excluding hydrogens is 280 g/mol. The van der Waals surface area contributed by atoms with Crippen LogP contribution in [-0.2, 0) is 6.54 Å². The third-order valence-electron chi connectivity index (χ3n) is 3.88. The molecule has 0 unspecified atom stereocenters. The average Bonchev–Trinajstić information content (AvgIpc) is 3.25. The van der Waals surface area contributed by atoms with Crippen molar-refractivity contribution in [1.82, 2.24) is 20.1 Å². The van der Waals surface area contributed by atoms with E-state index in [4.69, 9.17) is 8.83 Å². The zero-order chi connectivity index (χ0) is 15.5.